The molecule has 1 aliphatic heterocycles. The highest BCUT2D eigenvalue weighted by molar-refractivity contribution is 9.10. The number of barbiturate groups is 1. The van der Waals surface area contributed by atoms with Gasteiger partial charge >= 0.3 is 6.03 Å². The normalized spacial score (nSPS) is 13.9. The van der Waals surface area contributed by atoms with Crippen LogP contribution in [0.25, 0.3) is 6.08 Å². The van der Waals surface area contributed by atoms with Crippen molar-refractivity contribution in [2.45, 2.75) is 13.5 Å². The summed E-state index contributed by atoms with van der Waals surface area (Å²) in [5.41, 5.74) is 2.71. The minimum Gasteiger partial charge on any atom is -0.488 e. The molecule has 0 radical (unpaired) electrons. The fraction of sp³-hybridized carbons (Fsp3) is 0.105. The van der Waals surface area contributed by atoms with Crippen molar-refractivity contribution >= 4 is 39.9 Å². The van der Waals surface area contributed by atoms with Crippen LogP contribution < -0.4 is 15.4 Å². The second kappa shape index (κ2) is 7.53. The molecule has 3 rings (SSSR count). The molecule has 7 heteroatoms. The summed E-state index contributed by atoms with van der Waals surface area (Å²) in [5.74, 6) is -0.814. The molecule has 4 amide bonds. The summed E-state index contributed by atoms with van der Waals surface area (Å²) >= 11 is 3.43. The van der Waals surface area contributed by atoms with Crippen LogP contribution in [0.1, 0.15) is 16.7 Å². The van der Waals surface area contributed by atoms with Crippen LogP contribution in [0.2, 0.25) is 0 Å². The van der Waals surface area contributed by atoms with Crippen LogP contribution in [0, 0.1) is 6.92 Å². The van der Waals surface area contributed by atoms with Gasteiger partial charge in [-0.1, -0.05) is 35.9 Å². The zero-order valence-electron chi connectivity index (χ0n) is 13.8. The van der Waals surface area contributed by atoms with Crippen LogP contribution in [0.15, 0.2) is 52.5 Å². The Morgan fingerprint density at radius 3 is 2.42 bits per heavy atom. The van der Waals surface area contributed by atoms with E-state index in [1.54, 1.807) is 18.2 Å². The molecular formula is C19H15BrN2O4. The predicted molar refractivity (Wildman–Crippen MR) is 99.3 cm³/mol. The summed E-state index contributed by atoms with van der Waals surface area (Å²) in [5, 5.41) is 4.07. The van der Waals surface area contributed by atoms with E-state index in [0.717, 1.165) is 11.1 Å². The molecule has 0 bridgehead atoms. The Bertz CT molecular complexity index is 915. The largest absolute Gasteiger partial charge is 0.488 e. The Kier molecular flexibility index (Phi) is 5.18. The number of amides is 4. The van der Waals surface area contributed by atoms with E-state index in [0.29, 0.717) is 22.4 Å². The summed E-state index contributed by atoms with van der Waals surface area (Å²) in [6.45, 7) is 2.44. The summed E-state index contributed by atoms with van der Waals surface area (Å²) in [6.07, 6.45) is 1.41. The van der Waals surface area contributed by atoms with Crippen LogP contribution in [-0.4, -0.2) is 17.8 Å². The maximum Gasteiger partial charge on any atom is 0.328 e. The Morgan fingerprint density at radius 2 is 1.77 bits per heavy atom. The van der Waals surface area contributed by atoms with Gasteiger partial charge in [-0.2, -0.15) is 0 Å². The lowest BCUT2D eigenvalue weighted by molar-refractivity contribution is -0.123. The molecular weight excluding hydrogens is 400 g/mol. The molecule has 0 atom stereocenters. The van der Waals surface area contributed by atoms with Crippen LogP contribution in [0.4, 0.5) is 4.79 Å². The number of ether oxygens (including phenoxy) is 1. The van der Waals surface area contributed by atoms with Crippen LogP contribution in [-0.2, 0) is 16.2 Å². The lowest BCUT2D eigenvalue weighted by Gasteiger charge is -2.14. The Labute approximate surface area is 158 Å². The van der Waals surface area contributed by atoms with Crippen molar-refractivity contribution in [2.24, 2.45) is 0 Å². The molecule has 6 nitrogen and oxygen atoms in total. The van der Waals surface area contributed by atoms with E-state index in [1.807, 2.05) is 41.8 Å². The van der Waals surface area contributed by atoms with E-state index < -0.39 is 17.8 Å². The van der Waals surface area contributed by atoms with Gasteiger partial charge in [0.25, 0.3) is 11.8 Å². The zero-order valence-corrected chi connectivity index (χ0v) is 15.4. The van der Waals surface area contributed by atoms with E-state index in [9.17, 15) is 14.4 Å². The number of carbonyl (C=O) groups is 3. The highest BCUT2D eigenvalue weighted by atomic mass is 79.9. The van der Waals surface area contributed by atoms with Gasteiger partial charge in [-0.15, -0.1) is 0 Å². The number of carbonyl (C=O) groups excluding carboxylic acids is 3. The molecule has 0 aliphatic carbocycles. The number of hydrogen-bond donors (Lipinski definition) is 2. The van der Waals surface area contributed by atoms with E-state index >= 15 is 0 Å². The molecule has 2 aromatic carbocycles. The SMILES string of the molecule is Cc1cccc(COc2ccc(C=C3C(=O)NC(=O)NC3=O)cc2Br)c1. The fourth-order valence-corrected chi connectivity index (χ4v) is 2.97. The van der Waals surface area contributed by atoms with Gasteiger partial charge < -0.3 is 4.74 Å². The second-order valence-electron chi connectivity index (χ2n) is 5.76. The molecule has 1 aliphatic rings. The van der Waals surface area contributed by atoms with Gasteiger partial charge in [-0.25, -0.2) is 4.79 Å². The topological polar surface area (TPSA) is 84.5 Å². The first-order chi connectivity index (χ1) is 12.4. The maximum absolute atomic E-state index is 11.8. The molecule has 1 heterocycles. The number of benzene rings is 2. The van der Waals surface area contributed by atoms with Crippen molar-refractivity contribution in [1.29, 1.82) is 0 Å². The lowest BCUT2D eigenvalue weighted by atomic mass is 10.1. The van der Waals surface area contributed by atoms with E-state index in [2.05, 4.69) is 15.9 Å². The predicted octanol–water partition coefficient (Wildman–Crippen LogP) is 3.09. The molecule has 1 fully saturated rings. The van der Waals surface area contributed by atoms with Gasteiger partial charge in [0.05, 0.1) is 4.47 Å². The number of nitrogens with one attached hydrogen (secondary N) is 2. The highest BCUT2D eigenvalue weighted by Crippen LogP contribution is 2.28. The average Bonchev–Trinajstić information content (AvgIpc) is 2.57. The number of urea groups is 1. The summed E-state index contributed by atoms with van der Waals surface area (Å²) < 4.78 is 6.50. The summed E-state index contributed by atoms with van der Waals surface area (Å²) in [6, 6.07) is 12.4. The standard InChI is InChI=1S/C19H15BrN2O4/c1-11-3-2-4-13(7-11)10-26-16-6-5-12(9-15(16)20)8-14-17(23)21-19(25)22-18(14)24/h2-9H,10H2,1H3,(H2,21,22,23,24,25). The van der Waals surface area contributed by atoms with Gasteiger partial charge in [-0.3, -0.25) is 20.2 Å². The molecule has 2 aromatic rings. The Hall–Kier alpha value is -2.93. The van der Waals surface area contributed by atoms with E-state index in [-0.39, 0.29) is 5.57 Å². The van der Waals surface area contributed by atoms with Crippen molar-refractivity contribution in [2.75, 3.05) is 0 Å². The monoisotopic (exact) mass is 414 g/mol. The fourth-order valence-electron chi connectivity index (χ4n) is 2.46. The first-order valence-corrected chi connectivity index (χ1v) is 8.58. The third-order valence-electron chi connectivity index (χ3n) is 3.69. The quantitative estimate of drug-likeness (QED) is 0.594. The van der Waals surface area contributed by atoms with Gasteiger partial charge in [0.15, 0.2) is 0 Å². The summed E-state index contributed by atoms with van der Waals surface area (Å²) in [4.78, 5) is 34.6. The van der Waals surface area contributed by atoms with Gasteiger partial charge in [0.2, 0.25) is 0 Å². The number of hydrogen-bond acceptors (Lipinski definition) is 4. The number of aryl methyl sites for hydroxylation is 1. The first kappa shape index (κ1) is 17.9. The molecule has 26 heavy (non-hydrogen) atoms. The third kappa shape index (κ3) is 4.18. The molecule has 1 saturated heterocycles. The molecule has 0 saturated carbocycles. The van der Waals surface area contributed by atoms with Crippen molar-refractivity contribution in [3.8, 4) is 5.75 Å². The number of rotatable bonds is 4. The number of imide groups is 2. The Morgan fingerprint density at radius 1 is 1.04 bits per heavy atom. The smallest absolute Gasteiger partial charge is 0.328 e. The lowest BCUT2D eigenvalue weighted by Crippen LogP contribution is -2.51. The molecule has 2 N–H and O–H groups in total. The average molecular weight is 415 g/mol. The highest BCUT2D eigenvalue weighted by Gasteiger charge is 2.27. The second-order valence-corrected chi connectivity index (χ2v) is 6.62. The van der Waals surface area contributed by atoms with Crippen LogP contribution >= 0.6 is 15.9 Å². The van der Waals surface area contributed by atoms with Crippen LogP contribution in [0.5, 0.6) is 5.75 Å². The molecule has 0 aromatic heterocycles. The van der Waals surface area contributed by atoms with Crippen LogP contribution in [0.3, 0.4) is 0 Å². The number of halogens is 1. The van der Waals surface area contributed by atoms with Gasteiger partial charge in [0, 0.05) is 0 Å². The molecule has 0 spiro atoms. The first-order valence-electron chi connectivity index (χ1n) is 7.78. The maximum atomic E-state index is 11.8. The van der Waals surface area contributed by atoms with Crippen molar-refractivity contribution in [3.05, 3.63) is 69.2 Å². The minimum atomic E-state index is -0.821. The third-order valence-corrected chi connectivity index (χ3v) is 4.31. The van der Waals surface area contributed by atoms with Crippen molar-refractivity contribution in [3.63, 3.8) is 0 Å². The van der Waals surface area contributed by atoms with Gasteiger partial charge in [0.1, 0.15) is 17.9 Å². The zero-order chi connectivity index (χ0) is 18.7. The van der Waals surface area contributed by atoms with Gasteiger partial charge in [-0.05, 0) is 52.2 Å². The Balaban J connectivity index is 1.75. The van der Waals surface area contributed by atoms with Crippen molar-refractivity contribution in [1.82, 2.24) is 10.6 Å². The van der Waals surface area contributed by atoms with E-state index in [4.69, 9.17) is 4.74 Å². The molecule has 0 unspecified atom stereocenters. The van der Waals surface area contributed by atoms with E-state index in [1.165, 1.54) is 6.08 Å². The van der Waals surface area contributed by atoms with Crippen molar-refractivity contribution < 1.29 is 19.1 Å². The summed E-state index contributed by atoms with van der Waals surface area (Å²) in [7, 11) is 0. The minimum absolute atomic E-state index is 0.134. The molecule has 132 valence electrons.